The second-order valence-corrected chi connectivity index (χ2v) is 7.30. The van der Waals surface area contributed by atoms with E-state index in [-0.39, 0.29) is 17.7 Å². The van der Waals surface area contributed by atoms with Crippen LogP contribution in [0.4, 0.5) is 5.95 Å². The maximum absolute atomic E-state index is 13.2. The van der Waals surface area contributed by atoms with Gasteiger partial charge < -0.3 is 9.73 Å². The lowest BCUT2D eigenvalue weighted by Gasteiger charge is -2.34. The maximum atomic E-state index is 13.2. The molecular weight excluding hydrogens is 340 g/mol. The van der Waals surface area contributed by atoms with Crippen LogP contribution in [0.25, 0.3) is 0 Å². The SMILES string of the molecule is Cc1ccc([C@H]2C3=C(C[C@@H](c4ccco4)CC3=O)Nc3nc(C)nn32)cc1. The van der Waals surface area contributed by atoms with Crippen molar-refractivity contribution in [2.75, 3.05) is 5.32 Å². The van der Waals surface area contributed by atoms with Crippen molar-refractivity contribution in [3.05, 3.63) is 76.6 Å². The molecule has 1 N–H and O–H groups in total. The van der Waals surface area contributed by atoms with Crippen LogP contribution >= 0.6 is 0 Å². The summed E-state index contributed by atoms with van der Waals surface area (Å²) in [7, 11) is 0. The average Bonchev–Trinajstić information content (AvgIpc) is 3.29. The van der Waals surface area contributed by atoms with E-state index in [4.69, 9.17) is 4.42 Å². The Morgan fingerprint density at radius 1 is 1.15 bits per heavy atom. The first-order valence-electron chi connectivity index (χ1n) is 9.16. The summed E-state index contributed by atoms with van der Waals surface area (Å²) in [6.45, 7) is 3.92. The molecule has 1 aliphatic heterocycles. The second kappa shape index (κ2) is 5.94. The fourth-order valence-corrected chi connectivity index (χ4v) is 4.10. The predicted octanol–water partition coefficient (Wildman–Crippen LogP) is 3.90. The number of anilines is 1. The Morgan fingerprint density at radius 2 is 1.96 bits per heavy atom. The number of fused-ring (bicyclic) bond motifs is 1. The minimum absolute atomic E-state index is 0.0491. The molecule has 1 aromatic carbocycles. The summed E-state index contributed by atoms with van der Waals surface area (Å²) in [5, 5.41) is 7.92. The number of hydrogen-bond donors (Lipinski definition) is 1. The van der Waals surface area contributed by atoms with Crippen LogP contribution in [-0.2, 0) is 4.79 Å². The lowest BCUT2D eigenvalue weighted by atomic mass is 9.79. The molecule has 2 aromatic heterocycles. The number of benzene rings is 1. The highest BCUT2D eigenvalue weighted by Crippen LogP contribution is 2.44. The summed E-state index contributed by atoms with van der Waals surface area (Å²) in [6, 6.07) is 11.8. The molecule has 0 saturated heterocycles. The van der Waals surface area contributed by atoms with Crippen molar-refractivity contribution in [2.45, 2.75) is 38.6 Å². The van der Waals surface area contributed by atoms with Crippen molar-refractivity contribution in [2.24, 2.45) is 0 Å². The van der Waals surface area contributed by atoms with Crippen LogP contribution in [0.5, 0.6) is 0 Å². The number of carbonyl (C=O) groups is 1. The van der Waals surface area contributed by atoms with Crippen LogP contribution in [0.3, 0.4) is 0 Å². The second-order valence-electron chi connectivity index (χ2n) is 7.30. The van der Waals surface area contributed by atoms with E-state index in [1.807, 2.05) is 23.7 Å². The average molecular weight is 360 g/mol. The molecule has 0 amide bonds. The van der Waals surface area contributed by atoms with Gasteiger partial charge in [-0.2, -0.15) is 10.1 Å². The van der Waals surface area contributed by atoms with Gasteiger partial charge in [0, 0.05) is 23.6 Å². The zero-order chi connectivity index (χ0) is 18.5. The Bertz CT molecular complexity index is 1040. The summed E-state index contributed by atoms with van der Waals surface area (Å²) in [5.41, 5.74) is 3.95. The third kappa shape index (κ3) is 2.60. The van der Waals surface area contributed by atoms with Crippen molar-refractivity contribution >= 4 is 11.7 Å². The van der Waals surface area contributed by atoms with Gasteiger partial charge in [0.15, 0.2) is 5.78 Å². The van der Waals surface area contributed by atoms with E-state index in [0.717, 1.165) is 29.0 Å². The van der Waals surface area contributed by atoms with E-state index in [2.05, 4.69) is 46.6 Å². The molecule has 136 valence electrons. The first kappa shape index (κ1) is 16.1. The Morgan fingerprint density at radius 3 is 2.70 bits per heavy atom. The fourth-order valence-electron chi connectivity index (χ4n) is 4.10. The number of rotatable bonds is 2. The number of aromatic nitrogens is 3. The molecule has 6 nitrogen and oxygen atoms in total. The van der Waals surface area contributed by atoms with Crippen LogP contribution in [0, 0.1) is 13.8 Å². The molecule has 6 heteroatoms. The van der Waals surface area contributed by atoms with Crippen molar-refractivity contribution in [1.82, 2.24) is 14.8 Å². The molecule has 2 atom stereocenters. The highest BCUT2D eigenvalue weighted by molar-refractivity contribution is 6.00. The standard InChI is InChI=1S/C21H20N4O2/c1-12-5-7-14(8-6-12)20-19-16(23-21-22-13(2)24-25(20)21)10-15(11-17(19)26)18-4-3-9-27-18/h3-9,15,20H,10-11H2,1-2H3,(H,22,23,24)/t15-,20+/m1/s1. The largest absolute Gasteiger partial charge is 0.469 e. The van der Waals surface area contributed by atoms with Crippen molar-refractivity contribution in [1.29, 1.82) is 0 Å². The van der Waals surface area contributed by atoms with Crippen molar-refractivity contribution < 1.29 is 9.21 Å². The van der Waals surface area contributed by atoms with Gasteiger partial charge in [0.05, 0.1) is 6.26 Å². The summed E-state index contributed by atoms with van der Waals surface area (Å²) in [4.78, 5) is 17.7. The van der Waals surface area contributed by atoms with Crippen LogP contribution in [-0.4, -0.2) is 20.5 Å². The van der Waals surface area contributed by atoms with Crippen LogP contribution in [0.1, 0.15) is 47.5 Å². The molecule has 2 aliphatic rings. The first-order chi connectivity index (χ1) is 13.1. The normalized spacial score (nSPS) is 21.6. The number of allylic oxidation sites excluding steroid dienone is 2. The van der Waals surface area contributed by atoms with E-state index in [1.165, 1.54) is 5.56 Å². The maximum Gasteiger partial charge on any atom is 0.226 e. The lowest BCUT2D eigenvalue weighted by molar-refractivity contribution is -0.117. The Labute approximate surface area is 156 Å². The van der Waals surface area contributed by atoms with E-state index < -0.39 is 0 Å². The zero-order valence-electron chi connectivity index (χ0n) is 15.3. The quantitative estimate of drug-likeness (QED) is 0.750. The Balaban J connectivity index is 1.63. The molecule has 1 aliphatic carbocycles. The van der Waals surface area contributed by atoms with Gasteiger partial charge in [-0.3, -0.25) is 4.79 Å². The molecule has 27 heavy (non-hydrogen) atoms. The van der Waals surface area contributed by atoms with Gasteiger partial charge in [0.1, 0.15) is 17.6 Å². The molecule has 0 saturated carbocycles. The van der Waals surface area contributed by atoms with Crippen LogP contribution in [0.15, 0.2) is 58.3 Å². The zero-order valence-corrected chi connectivity index (χ0v) is 15.3. The molecule has 0 bridgehead atoms. The van der Waals surface area contributed by atoms with E-state index >= 15 is 0 Å². The Kier molecular flexibility index (Phi) is 3.53. The van der Waals surface area contributed by atoms with Gasteiger partial charge in [0.2, 0.25) is 5.95 Å². The predicted molar refractivity (Wildman–Crippen MR) is 100 cm³/mol. The van der Waals surface area contributed by atoms with Gasteiger partial charge in [0.25, 0.3) is 0 Å². The van der Waals surface area contributed by atoms with Crippen molar-refractivity contribution in [3.63, 3.8) is 0 Å². The van der Waals surface area contributed by atoms with E-state index in [9.17, 15) is 4.79 Å². The number of Topliss-reactive ketones (excluding diaryl/α,β-unsaturated/α-hetero) is 1. The molecule has 3 aromatic rings. The molecule has 0 unspecified atom stereocenters. The first-order valence-corrected chi connectivity index (χ1v) is 9.16. The monoisotopic (exact) mass is 360 g/mol. The highest BCUT2D eigenvalue weighted by Gasteiger charge is 2.40. The minimum atomic E-state index is -0.247. The number of carbonyl (C=O) groups excluding carboxylic acids is 1. The molecular formula is C21H20N4O2. The number of furan rings is 1. The summed E-state index contributed by atoms with van der Waals surface area (Å²) >= 11 is 0. The number of ketones is 1. The minimum Gasteiger partial charge on any atom is -0.469 e. The van der Waals surface area contributed by atoms with E-state index in [1.54, 1.807) is 6.26 Å². The third-order valence-electron chi connectivity index (χ3n) is 5.36. The van der Waals surface area contributed by atoms with Gasteiger partial charge in [-0.05, 0) is 38.0 Å². The van der Waals surface area contributed by atoms with E-state index in [0.29, 0.717) is 18.2 Å². The molecule has 3 heterocycles. The van der Waals surface area contributed by atoms with Crippen LogP contribution < -0.4 is 5.32 Å². The number of nitrogens with one attached hydrogen (secondary N) is 1. The number of aryl methyl sites for hydroxylation is 2. The molecule has 0 spiro atoms. The van der Waals surface area contributed by atoms with Gasteiger partial charge in [-0.1, -0.05) is 29.8 Å². The summed E-state index contributed by atoms with van der Waals surface area (Å²) < 4.78 is 7.40. The summed E-state index contributed by atoms with van der Waals surface area (Å²) in [5.74, 6) is 2.41. The van der Waals surface area contributed by atoms with Crippen LogP contribution in [0.2, 0.25) is 0 Å². The third-order valence-corrected chi connectivity index (χ3v) is 5.36. The Hall–Kier alpha value is -3.15. The lowest BCUT2D eigenvalue weighted by Crippen LogP contribution is -2.33. The summed E-state index contributed by atoms with van der Waals surface area (Å²) in [6.07, 6.45) is 2.83. The number of hydrogen-bond acceptors (Lipinski definition) is 5. The molecule has 5 rings (SSSR count). The molecule has 0 radical (unpaired) electrons. The molecule has 0 fully saturated rings. The fraction of sp³-hybridized carbons (Fsp3) is 0.286. The topological polar surface area (TPSA) is 73.0 Å². The smallest absolute Gasteiger partial charge is 0.226 e. The number of nitrogens with zero attached hydrogens (tertiary/aromatic N) is 3. The van der Waals surface area contributed by atoms with Gasteiger partial charge in [-0.25, -0.2) is 4.68 Å². The van der Waals surface area contributed by atoms with Gasteiger partial charge in [-0.15, -0.1) is 0 Å². The highest BCUT2D eigenvalue weighted by atomic mass is 16.3. The van der Waals surface area contributed by atoms with Crippen molar-refractivity contribution in [3.8, 4) is 0 Å². The van der Waals surface area contributed by atoms with Gasteiger partial charge >= 0.3 is 0 Å².